The van der Waals surface area contributed by atoms with Crippen LogP contribution in [0.1, 0.15) is 11.1 Å². The first-order valence-electron chi connectivity index (χ1n) is 7.46. The van der Waals surface area contributed by atoms with Gasteiger partial charge in [-0.25, -0.2) is 0 Å². The van der Waals surface area contributed by atoms with Gasteiger partial charge in [0.15, 0.2) is 0 Å². The molecule has 120 valence electrons. The van der Waals surface area contributed by atoms with Crippen LogP contribution >= 0.6 is 23.4 Å². The smallest absolute Gasteiger partial charge is 0.289 e. The van der Waals surface area contributed by atoms with Crippen LogP contribution in [0.5, 0.6) is 0 Å². The molecule has 0 saturated carbocycles. The number of hydrogen-bond acceptors (Lipinski definition) is 4. The molecule has 2 aromatic rings. The van der Waals surface area contributed by atoms with Crippen LogP contribution in [0.4, 0.5) is 5.69 Å². The molecular weight excluding hydrogens is 332 g/mol. The maximum absolute atomic E-state index is 11.4. The van der Waals surface area contributed by atoms with Gasteiger partial charge >= 0.3 is 0 Å². The van der Waals surface area contributed by atoms with Crippen molar-refractivity contribution in [2.24, 2.45) is 0 Å². The Morgan fingerprint density at radius 2 is 1.83 bits per heavy atom. The fourth-order valence-corrected chi connectivity index (χ4v) is 4.20. The molecule has 1 heterocycles. The van der Waals surface area contributed by atoms with Crippen molar-refractivity contribution in [1.82, 2.24) is 4.90 Å². The Kier molecular flexibility index (Phi) is 4.90. The van der Waals surface area contributed by atoms with Crippen LogP contribution < -0.4 is 0 Å². The van der Waals surface area contributed by atoms with Gasteiger partial charge in [-0.2, -0.15) is 0 Å². The highest BCUT2D eigenvalue weighted by Gasteiger charge is 2.25. The fourth-order valence-electron chi connectivity index (χ4n) is 2.80. The molecule has 6 heteroatoms. The molecule has 1 aliphatic rings. The SMILES string of the molecule is CN1CCc2c(Sc3ccccc3)cc([N+](=O)[O-])c(Cl)c2CC1. The first kappa shape index (κ1) is 16.3. The van der Waals surface area contributed by atoms with E-state index in [1.165, 1.54) is 0 Å². The molecule has 0 bridgehead atoms. The predicted octanol–water partition coefficient (Wildman–Crippen LogP) is 4.43. The van der Waals surface area contributed by atoms with Crippen molar-refractivity contribution in [3.8, 4) is 0 Å². The van der Waals surface area contributed by atoms with E-state index in [0.717, 1.165) is 46.8 Å². The van der Waals surface area contributed by atoms with Crippen LogP contribution in [0, 0.1) is 10.1 Å². The lowest BCUT2D eigenvalue weighted by Gasteiger charge is -2.14. The van der Waals surface area contributed by atoms with Gasteiger partial charge in [0.1, 0.15) is 5.02 Å². The van der Waals surface area contributed by atoms with Crippen molar-refractivity contribution in [3.63, 3.8) is 0 Å². The Morgan fingerprint density at radius 1 is 1.17 bits per heavy atom. The minimum absolute atomic E-state index is 0.00778. The summed E-state index contributed by atoms with van der Waals surface area (Å²) >= 11 is 7.92. The molecule has 0 fully saturated rings. The van der Waals surface area contributed by atoms with Gasteiger partial charge < -0.3 is 4.90 Å². The maximum atomic E-state index is 11.4. The third-order valence-electron chi connectivity index (χ3n) is 4.07. The summed E-state index contributed by atoms with van der Waals surface area (Å²) in [4.78, 5) is 15.2. The van der Waals surface area contributed by atoms with Crippen molar-refractivity contribution in [2.45, 2.75) is 22.6 Å². The van der Waals surface area contributed by atoms with Gasteiger partial charge in [-0.1, -0.05) is 41.6 Å². The largest absolute Gasteiger partial charge is 0.306 e. The van der Waals surface area contributed by atoms with E-state index in [-0.39, 0.29) is 10.6 Å². The summed E-state index contributed by atoms with van der Waals surface area (Å²) in [7, 11) is 2.07. The average Bonchev–Trinajstić information content (AvgIpc) is 2.73. The molecule has 0 radical (unpaired) electrons. The minimum Gasteiger partial charge on any atom is -0.306 e. The molecule has 0 atom stereocenters. The summed E-state index contributed by atoms with van der Waals surface area (Å²) in [5.41, 5.74) is 2.09. The van der Waals surface area contributed by atoms with Crippen molar-refractivity contribution >= 4 is 29.1 Å². The Bertz CT molecular complexity index is 737. The molecule has 0 unspecified atom stereocenters. The Balaban J connectivity index is 2.10. The highest BCUT2D eigenvalue weighted by Crippen LogP contribution is 2.41. The van der Waals surface area contributed by atoms with Crippen molar-refractivity contribution in [3.05, 3.63) is 62.7 Å². The van der Waals surface area contributed by atoms with E-state index in [9.17, 15) is 10.1 Å². The summed E-state index contributed by atoms with van der Waals surface area (Å²) < 4.78 is 0. The Hall–Kier alpha value is -1.56. The second kappa shape index (κ2) is 6.91. The molecular formula is C17H17ClN2O2S. The molecule has 0 aromatic heterocycles. The van der Waals surface area contributed by atoms with Crippen LogP contribution in [0.3, 0.4) is 0 Å². The Labute approximate surface area is 144 Å². The number of likely N-dealkylation sites (N-methyl/N-ethyl adjacent to an activating group) is 1. The van der Waals surface area contributed by atoms with E-state index in [1.807, 2.05) is 30.3 Å². The molecule has 1 aliphatic heterocycles. The minimum atomic E-state index is -0.383. The highest BCUT2D eigenvalue weighted by molar-refractivity contribution is 7.99. The van der Waals surface area contributed by atoms with Crippen molar-refractivity contribution < 1.29 is 4.92 Å². The van der Waals surface area contributed by atoms with E-state index in [0.29, 0.717) is 5.02 Å². The standard InChI is InChI=1S/C17H17ClN2O2S/c1-19-9-7-13-14(8-10-19)17(18)15(20(21)22)11-16(13)23-12-5-3-2-4-6-12/h2-6,11H,7-10H2,1H3. The number of halogens is 1. The zero-order valence-electron chi connectivity index (χ0n) is 12.8. The van der Waals surface area contributed by atoms with Crippen molar-refractivity contribution in [2.75, 3.05) is 20.1 Å². The second-order valence-corrected chi connectivity index (χ2v) is 7.13. The second-order valence-electron chi connectivity index (χ2n) is 5.64. The zero-order valence-corrected chi connectivity index (χ0v) is 14.4. The lowest BCUT2D eigenvalue weighted by Crippen LogP contribution is -2.20. The van der Waals surface area contributed by atoms with Gasteiger partial charge in [0.05, 0.1) is 4.92 Å². The van der Waals surface area contributed by atoms with E-state index in [2.05, 4.69) is 11.9 Å². The third kappa shape index (κ3) is 3.52. The normalized spacial score (nSPS) is 15.0. The molecule has 0 N–H and O–H groups in total. The third-order valence-corrected chi connectivity index (χ3v) is 5.59. The summed E-state index contributed by atoms with van der Waals surface area (Å²) in [5, 5.41) is 11.7. The van der Waals surface area contributed by atoms with Crippen molar-refractivity contribution in [1.29, 1.82) is 0 Å². The molecule has 4 nitrogen and oxygen atoms in total. The van der Waals surface area contributed by atoms with Crippen LogP contribution in [0.15, 0.2) is 46.2 Å². The molecule has 0 saturated heterocycles. The molecule has 0 spiro atoms. The lowest BCUT2D eigenvalue weighted by atomic mass is 10.0. The van der Waals surface area contributed by atoms with E-state index >= 15 is 0 Å². The number of hydrogen-bond donors (Lipinski definition) is 0. The summed E-state index contributed by atoms with van der Waals surface area (Å²) in [6.07, 6.45) is 1.60. The van der Waals surface area contributed by atoms with Gasteiger partial charge in [-0.05, 0) is 43.1 Å². The summed E-state index contributed by atoms with van der Waals surface area (Å²) in [5.74, 6) is 0. The maximum Gasteiger partial charge on any atom is 0.289 e. The van der Waals surface area contributed by atoms with Gasteiger partial charge in [-0.15, -0.1) is 0 Å². The van der Waals surface area contributed by atoms with Crippen LogP contribution in [0.25, 0.3) is 0 Å². The summed E-state index contributed by atoms with van der Waals surface area (Å²) in [6.45, 7) is 1.80. The molecule has 0 aliphatic carbocycles. The number of nitro groups is 1. The van der Waals surface area contributed by atoms with E-state index < -0.39 is 0 Å². The molecule has 0 amide bonds. The summed E-state index contributed by atoms with van der Waals surface area (Å²) in [6, 6.07) is 11.6. The number of nitro benzene ring substituents is 1. The molecule has 23 heavy (non-hydrogen) atoms. The number of rotatable bonds is 3. The fraction of sp³-hybridized carbons (Fsp3) is 0.294. The molecule has 3 rings (SSSR count). The first-order chi connectivity index (χ1) is 11.1. The van der Waals surface area contributed by atoms with E-state index in [1.54, 1.807) is 17.8 Å². The van der Waals surface area contributed by atoms with E-state index in [4.69, 9.17) is 11.6 Å². The van der Waals surface area contributed by atoms with Gasteiger partial charge in [0.25, 0.3) is 5.69 Å². The van der Waals surface area contributed by atoms with Gasteiger partial charge in [0, 0.05) is 28.9 Å². The number of benzene rings is 2. The van der Waals surface area contributed by atoms with Gasteiger partial charge in [0.2, 0.25) is 0 Å². The zero-order chi connectivity index (χ0) is 16.4. The first-order valence-corrected chi connectivity index (χ1v) is 8.66. The quantitative estimate of drug-likeness (QED) is 0.608. The van der Waals surface area contributed by atoms with Crippen LogP contribution in [-0.2, 0) is 12.8 Å². The van der Waals surface area contributed by atoms with Crippen LogP contribution in [0.2, 0.25) is 5.02 Å². The average molecular weight is 349 g/mol. The number of nitrogens with zero attached hydrogens (tertiary/aromatic N) is 2. The molecule has 2 aromatic carbocycles. The predicted molar refractivity (Wildman–Crippen MR) is 93.6 cm³/mol. The lowest BCUT2D eigenvalue weighted by molar-refractivity contribution is -0.385. The monoisotopic (exact) mass is 348 g/mol. The number of fused-ring (bicyclic) bond motifs is 1. The highest BCUT2D eigenvalue weighted by atomic mass is 35.5. The topological polar surface area (TPSA) is 46.4 Å². The Morgan fingerprint density at radius 3 is 2.48 bits per heavy atom. The van der Waals surface area contributed by atoms with Gasteiger partial charge in [-0.3, -0.25) is 10.1 Å². The van der Waals surface area contributed by atoms with Crippen LogP contribution in [-0.4, -0.2) is 30.0 Å².